The van der Waals surface area contributed by atoms with Gasteiger partial charge in [0, 0.05) is 16.5 Å². The summed E-state index contributed by atoms with van der Waals surface area (Å²) in [5.74, 6) is 1.96. The number of amides is 1. The van der Waals surface area contributed by atoms with E-state index in [4.69, 9.17) is 14.2 Å². The van der Waals surface area contributed by atoms with Crippen LogP contribution in [0.1, 0.15) is 25.5 Å². The Morgan fingerprint density at radius 2 is 2.00 bits per heavy atom. The van der Waals surface area contributed by atoms with Crippen LogP contribution in [0.4, 0.5) is 4.79 Å². The molecule has 1 unspecified atom stereocenters. The molecule has 1 aliphatic heterocycles. The van der Waals surface area contributed by atoms with Crippen LogP contribution in [0.3, 0.4) is 0 Å². The zero-order valence-electron chi connectivity index (χ0n) is 15.3. The lowest BCUT2D eigenvalue weighted by Crippen LogP contribution is -2.43. The Bertz CT molecular complexity index is 831. The standard InChI is InChI=1S/C20H23NO5/c1-20(2)11-26-16-10-12(8-9-14(16)18(20)21-19(22)23)13-6-5-7-15(24-3)17(13)25-4/h5-10,18,21H,11H2,1-4H3,(H,22,23). The number of methoxy groups -OCH3 is 2. The summed E-state index contributed by atoms with van der Waals surface area (Å²) >= 11 is 0. The normalized spacial score (nSPS) is 17.6. The highest BCUT2D eigenvalue weighted by Crippen LogP contribution is 2.45. The van der Waals surface area contributed by atoms with Crippen LogP contribution in [0.5, 0.6) is 17.2 Å². The highest BCUT2D eigenvalue weighted by Gasteiger charge is 2.38. The van der Waals surface area contributed by atoms with Crippen LogP contribution >= 0.6 is 0 Å². The fourth-order valence-electron chi connectivity index (χ4n) is 3.34. The molecule has 3 rings (SSSR count). The Morgan fingerprint density at radius 1 is 1.23 bits per heavy atom. The molecule has 0 aliphatic carbocycles. The van der Waals surface area contributed by atoms with Gasteiger partial charge in [-0.25, -0.2) is 4.79 Å². The molecule has 2 aromatic rings. The van der Waals surface area contributed by atoms with Crippen LogP contribution < -0.4 is 19.5 Å². The minimum atomic E-state index is -1.05. The zero-order valence-corrected chi connectivity index (χ0v) is 15.3. The molecule has 1 aliphatic rings. The lowest BCUT2D eigenvalue weighted by atomic mass is 9.78. The molecule has 2 N–H and O–H groups in total. The summed E-state index contributed by atoms with van der Waals surface area (Å²) in [6.07, 6.45) is -1.05. The van der Waals surface area contributed by atoms with E-state index in [2.05, 4.69) is 5.32 Å². The van der Waals surface area contributed by atoms with Gasteiger partial charge in [0.1, 0.15) is 5.75 Å². The van der Waals surface area contributed by atoms with Crippen LogP contribution in [-0.2, 0) is 0 Å². The number of rotatable bonds is 4. The number of ether oxygens (including phenoxy) is 3. The maximum atomic E-state index is 11.2. The van der Waals surface area contributed by atoms with Crippen LogP contribution in [-0.4, -0.2) is 32.0 Å². The monoisotopic (exact) mass is 357 g/mol. The Kier molecular flexibility index (Phi) is 4.68. The van der Waals surface area contributed by atoms with Crippen molar-refractivity contribution >= 4 is 6.09 Å². The van der Waals surface area contributed by atoms with Crippen molar-refractivity contribution in [2.24, 2.45) is 5.41 Å². The quantitative estimate of drug-likeness (QED) is 0.861. The molecule has 2 aromatic carbocycles. The molecule has 0 bridgehead atoms. The lowest BCUT2D eigenvalue weighted by Gasteiger charge is -2.39. The number of nitrogens with one attached hydrogen (secondary N) is 1. The third kappa shape index (κ3) is 3.14. The highest BCUT2D eigenvalue weighted by atomic mass is 16.5. The molecule has 1 heterocycles. The topological polar surface area (TPSA) is 77.0 Å². The van der Waals surface area contributed by atoms with Crippen molar-refractivity contribution in [3.05, 3.63) is 42.0 Å². The van der Waals surface area contributed by atoms with E-state index in [1.54, 1.807) is 14.2 Å². The average molecular weight is 357 g/mol. The van der Waals surface area contributed by atoms with Crippen LogP contribution in [0, 0.1) is 5.41 Å². The molecule has 0 fully saturated rings. The molecule has 0 aromatic heterocycles. The maximum Gasteiger partial charge on any atom is 0.405 e. The van der Waals surface area contributed by atoms with Crippen molar-refractivity contribution in [3.8, 4) is 28.4 Å². The number of hydrogen-bond donors (Lipinski definition) is 2. The Morgan fingerprint density at radius 3 is 2.65 bits per heavy atom. The van der Waals surface area contributed by atoms with Gasteiger partial charge in [-0.15, -0.1) is 0 Å². The van der Waals surface area contributed by atoms with Gasteiger partial charge in [-0.3, -0.25) is 0 Å². The van der Waals surface area contributed by atoms with E-state index in [1.165, 1.54) is 0 Å². The Balaban J connectivity index is 2.07. The molecular weight excluding hydrogens is 334 g/mol. The van der Waals surface area contributed by atoms with E-state index in [0.717, 1.165) is 16.7 Å². The minimum Gasteiger partial charge on any atom is -0.493 e. The minimum absolute atomic E-state index is 0.343. The van der Waals surface area contributed by atoms with E-state index in [0.29, 0.717) is 23.9 Å². The molecular formula is C20H23NO5. The zero-order chi connectivity index (χ0) is 18.9. The number of fused-ring (bicyclic) bond motifs is 1. The number of benzene rings is 2. The molecule has 0 radical (unpaired) electrons. The Labute approximate surface area is 152 Å². The van der Waals surface area contributed by atoms with E-state index < -0.39 is 6.09 Å². The predicted molar refractivity (Wildman–Crippen MR) is 98.2 cm³/mol. The number of para-hydroxylation sites is 1. The molecule has 6 nitrogen and oxygen atoms in total. The number of hydrogen-bond acceptors (Lipinski definition) is 4. The van der Waals surface area contributed by atoms with Crippen LogP contribution in [0.15, 0.2) is 36.4 Å². The predicted octanol–water partition coefficient (Wildman–Crippen LogP) is 4.10. The first-order chi connectivity index (χ1) is 12.4. The third-order valence-corrected chi connectivity index (χ3v) is 4.69. The first-order valence-electron chi connectivity index (χ1n) is 8.35. The van der Waals surface area contributed by atoms with Crippen molar-refractivity contribution in [2.75, 3.05) is 20.8 Å². The highest BCUT2D eigenvalue weighted by molar-refractivity contribution is 5.75. The Hall–Kier alpha value is -2.89. The van der Waals surface area contributed by atoms with Gasteiger partial charge in [0.05, 0.1) is 26.9 Å². The fraction of sp³-hybridized carbons (Fsp3) is 0.350. The summed E-state index contributed by atoms with van der Waals surface area (Å²) in [6.45, 7) is 4.38. The van der Waals surface area contributed by atoms with Gasteiger partial charge in [-0.05, 0) is 17.7 Å². The molecule has 1 amide bonds. The number of carboxylic acid groups (broad SMARTS) is 1. The summed E-state index contributed by atoms with van der Waals surface area (Å²) in [7, 11) is 3.20. The molecule has 0 saturated carbocycles. The molecule has 0 saturated heterocycles. The van der Waals surface area contributed by atoms with Gasteiger partial charge in [-0.1, -0.05) is 38.1 Å². The maximum absolute atomic E-state index is 11.2. The van der Waals surface area contributed by atoms with E-state index in [9.17, 15) is 9.90 Å². The van der Waals surface area contributed by atoms with Gasteiger partial charge in [0.2, 0.25) is 0 Å². The summed E-state index contributed by atoms with van der Waals surface area (Å²) in [5.41, 5.74) is 2.27. The van der Waals surface area contributed by atoms with E-state index in [-0.39, 0.29) is 11.5 Å². The van der Waals surface area contributed by atoms with Crippen molar-refractivity contribution in [1.82, 2.24) is 5.32 Å². The van der Waals surface area contributed by atoms with E-state index >= 15 is 0 Å². The molecule has 138 valence electrons. The van der Waals surface area contributed by atoms with Crippen molar-refractivity contribution in [3.63, 3.8) is 0 Å². The van der Waals surface area contributed by atoms with Gasteiger partial charge < -0.3 is 24.6 Å². The average Bonchev–Trinajstić information content (AvgIpc) is 2.62. The second-order valence-electron chi connectivity index (χ2n) is 6.95. The molecule has 1 atom stereocenters. The third-order valence-electron chi connectivity index (χ3n) is 4.69. The second kappa shape index (κ2) is 6.78. The second-order valence-corrected chi connectivity index (χ2v) is 6.95. The largest absolute Gasteiger partial charge is 0.493 e. The fourth-order valence-corrected chi connectivity index (χ4v) is 3.34. The molecule has 26 heavy (non-hydrogen) atoms. The SMILES string of the molecule is COc1cccc(-c2ccc3c(c2)OCC(C)(C)C3NC(=O)O)c1OC. The smallest absolute Gasteiger partial charge is 0.405 e. The van der Waals surface area contributed by atoms with Crippen molar-refractivity contribution < 1.29 is 24.1 Å². The summed E-state index contributed by atoms with van der Waals surface area (Å²) in [6, 6.07) is 11.1. The molecule has 0 spiro atoms. The van der Waals surface area contributed by atoms with Gasteiger partial charge in [-0.2, -0.15) is 0 Å². The summed E-state index contributed by atoms with van der Waals surface area (Å²) in [5, 5.41) is 11.8. The lowest BCUT2D eigenvalue weighted by molar-refractivity contribution is 0.0996. The van der Waals surface area contributed by atoms with Crippen LogP contribution in [0.25, 0.3) is 11.1 Å². The first kappa shape index (κ1) is 17.9. The van der Waals surface area contributed by atoms with Gasteiger partial charge in [0.15, 0.2) is 11.5 Å². The van der Waals surface area contributed by atoms with Crippen molar-refractivity contribution in [1.29, 1.82) is 0 Å². The van der Waals surface area contributed by atoms with Gasteiger partial charge in [0.25, 0.3) is 0 Å². The summed E-state index contributed by atoms with van der Waals surface area (Å²) < 4.78 is 16.8. The van der Waals surface area contributed by atoms with Crippen LogP contribution in [0.2, 0.25) is 0 Å². The molecule has 6 heteroatoms. The number of carbonyl (C=O) groups is 1. The van der Waals surface area contributed by atoms with Crippen molar-refractivity contribution in [2.45, 2.75) is 19.9 Å². The first-order valence-corrected chi connectivity index (χ1v) is 8.35. The van der Waals surface area contributed by atoms with E-state index in [1.807, 2.05) is 50.2 Å². The summed E-state index contributed by atoms with van der Waals surface area (Å²) in [4.78, 5) is 11.2. The van der Waals surface area contributed by atoms with Gasteiger partial charge >= 0.3 is 6.09 Å².